The van der Waals surface area contributed by atoms with E-state index in [1.807, 2.05) is 60.6 Å². The van der Waals surface area contributed by atoms with Crippen LogP contribution < -0.4 is 25.7 Å². The fourth-order valence-corrected chi connectivity index (χ4v) is 5.75. The summed E-state index contributed by atoms with van der Waals surface area (Å²) >= 11 is 1.32. The first-order chi connectivity index (χ1) is 23.8. The third-order valence-corrected chi connectivity index (χ3v) is 9.39. The zero-order valence-corrected chi connectivity index (χ0v) is 32.9. The van der Waals surface area contributed by atoms with Gasteiger partial charge in [0.25, 0.3) is 11.5 Å². The number of methoxy groups -OCH3 is 1. The number of likely N-dealkylation sites (tertiary alicyclic amines) is 1. The number of benzene rings is 1. The van der Waals surface area contributed by atoms with E-state index >= 15 is 0 Å². The van der Waals surface area contributed by atoms with E-state index in [4.69, 9.17) is 9.47 Å². The number of rotatable bonds is 12. The fraction of sp³-hybridized carbons (Fsp3) is 0.622. The van der Waals surface area contributed by atoms with E-state index in [1.54, 1.807) is 40.0 Å². The Kier molecular flexibility index (Phi) is 16.0. The van der Waals surface area contributed by atoms with E-state index in [9.17, 15) is 24.0 Å². The molecule has 3 rings (SSSR count). The minimum absolute atomic E-state index is 0.127. The molecule has 284 valence electrons. The van der Waals surface area contributed by atoms with E-state index in [2.05, 4.69) is 31.9 Å². The molecule has 2 heterocycles. The highest BCUT2D eigenvalue weighted by molar-refractivity contribution is 7.98. The van der Waals surface area contributed by atoms with E-state index < -0.39 is 41.1 Å². The van der Waals surface area contributed by atoms with Crippen molar-refractivity contribution in [2.24, 2.45) is 11.3 Å². The Morgan fingerprint density at radius 1 is 1.12 bits per heavy atom. The number of aromatic nitrogens is 2. The highest BCUT2D eigenvalue weighted by Crippen LogP contribution is 2.27. The number of amides is 4. The molecule has 0 aliphatic carbocycles. The minimum Gasteiger partial charge on any atom is -0.497 e. The molecule has 14 heteroatoms. The van der Waals surface area contributed by atoms with Crippen molar-refractivity contribution in [2.75, 3.05) is 13.7 Å². The molecule has 5 atom stereocenters. The molecule has 1 aromatic carbocycles. The lowest BCUT2D eigenvalue weighted by Crippen LogP contribution is -2.59. The van der Waals surface area contributed by atoms with Crippen LogP contribution in [0.15, 0.2) is 35.6 Å². The number of carbonyl (C=O) groups excluding carboxylic acids is 4. The van der Waals surface area contributed by atoms with Gasteiger partial charge in [0.2, 0.25) is 11.8 Å². The van der Waals surface area contributed by atoms with Crippen LogP contribution in [0.2, 0.25) is 0 Å². The monoisotopic (exact) mass is 730 g/mol. The normalized spacial score (nSPS) is 16.8. The molecule has 1 saturated heterocycles. The van der Waals surface area contributed by atoms with Gasteiger partial charge >= 0.3 is 6.09 Å². The molecule has 0 radical (unpaired) electrons. The number of fused-ring (bicyclic) bond motifs is 1. The van der Waals surface area contributed by atoms with Crippen LogP contribution in [0.3, 0.4) is 0 Å². The van der Waals surface area contributed by atoms with Crippen LogP contribution in [0.4, 0.5) is 4.79 Å². The summed E-state index contributed by atoms with van der Waals surface area (Å²) in [5.74, 6) is -0.655. The van der Waals surface area contributed by atoms with E-state index in [-0.39, 0.29) is 28.5 Å². The standard InChI is InChI=1S/C26H46N4O5S.C11H12N2O2/c1-11-16(3)19(22(32)29-36-17(4)12-2)27-21(31)18-14-13-15-30(18)23(33)20(25(5,6)7)28-24(34)35-26(8,9)10;1-3-8-11(14)13-10-6-7(15-2)4-5-9(10)12-8/h11,16-20H,1,12-15H2,2-10H3,(H,27,31)(H,28,34)(H,29,32);4-6H,3H2,1-2H3,(H,13,14)/t16-,17?,18?,19?,20+;/m0./s1. The zero-order chi connectivity index (χ0) is 38.7. The first-order valence-electron chi connectivity index (χ1n) is 17.5. The summed E-state index contributed by atoms with van der Waals surface area (Å²) in [7, 11) is 1.59. The lowest BCUT2D eigenvalue weighted by atomic mass is 9.85. The molecule has 13 nitrogen and oxygen atoms in total. The predicted octanol–water partition coefficient (Wildman–Crippen LogP) is 5.28. The Morgan fingerprint density at radius 3 is 2.33 bits per heavy atom. The Balaban J connectivity index is 0.000000493. The van der Waals surface area contributed by atoms with Crippen LogP contribution in [0.5, 0.6) is 5.75 Å². The quantitative estimate of drug-likeness (QED) is 0.168. The number of nitrogens with zero attached hydrogens (tertiary/aromatic N) is 2. The number of aryl methyl sites for hydroxylation is 1. The van der Waals surface area contributed by atoms with Crippen molar-refractivity contribution < 1.29 is 28.7 Å². The van der Waals surface area contributed by atoms with Crippen molar-refractivity contribution in [1.82, 2.24) is 30.2 Å². The first-order valence-corrected chi connectivity index (χ1v) is 18.4. The Morgan fingerprint density at radius 2 is 1.78 bits per heavy atom. The zero-order valence-electron chi connectivity index (χ0n) is 32.1. The first kappa shape index (κ1) is 43.1. The maximum atomic E-state index is 13.6. The largest absolute Gasteiger partial charge is 0.497 e. The maximum absolute atomic E-state index is 13.6. The molecule has 0 saturated carbocycles. The molecule has 0 spiro atoms. The Bertz CT molecular complexity index is 1580. The van der Waals surface area contributed by atoms with Crippen molar-refractivity contribution in [3.63, 3.8) is 0 Å². The number of ether oxygens (including phenoxy) is 2. The lowest BCUT2D eigenvalue weighted by Gasteiger charge is -2.36. The fourth-order valence-electron chi connectivity index (χ4n) is 5.14. The van der Waals surface area contributed by atoms with Gasteiger partial charge < -0.3 is 30.0 Å². The summed E-state index contributed by atoms with van der Waals surface area (Å²) in [5, 5.41) is 5.78. The van der Waals surface area contributed by atoms with Crippen LogP contribution >= 0.6 is 11.9 Å². The van der Waals surface area contributed by atoms with Crippen LogP contribution in [0, 0.1) is 11.3 Å². The molecule has 4 N–H and O–H groups in total. The highest BCUT2D eigenvalue weighted by Gasteiger charge is 2.43. The minimum atomic E-state index is -0.890. The molecule has 2 aromatic rings. The smallest absolute Gasteiger partial charge is 0.408 e. The van der Waals surface area contributed by atoms with Crippen molar-refractivity contribution in [1.29, 1.82) is 0 Å². The van der Waals surface area contributed by atoms with Gasteiger partial charge in [-0.3, -0.25) is 23.9 Å². The number of carbonyl (C=O) groups is 4. The number of hydrogen-bond donors (Lipinski definition) is 4. The van der Waals surface area contributed by atoms with Crippen LogP contribution in [0.25, 0.3) is 11.0 Å². The molecule has 0 bridgehead atoms. The van der Waals surface area contributed by atoms with Crippen molar-refractivity contribution in [3.8, 4) is 5.75 Å². The van der Waals surface area contributed by atoms with E-state index in [0.717, 1.165) is 11.9 Å². The third kappa shape index (κ3) is 12.9. The second-order valence-electron chi connectivity index (χ2n) is 14.8. The van der Waals surface area contributed by atoms with Gasteiger partial charge in [-0.1, -0.05) is 54.5 Å². The van der Waals surface area contributed by atoms with Gasteiger partial charge in [-0.15, -0.1) is 6.58 Å². The molecule has 51 heavy (non-hydrogen) atoms. The van der Waals surface area contributed by atoms with E-state index in [1.165, 1.54) is 16.8 Å². The predicted molar refractivity (Wildman–Crippen MR) is 202 cm³/mol. The SMILES string of the molecule is C=C[C@H](C)C(NC(=O)C1CCCN1C(=O)[C@@H](NC(=O)OC(C)(C)C)C(C)(C)C)C(=O)NSC(C)CC.CCc1nc2ccc(OC)cc2[nH]c1=O. The molecular weight excluding hydrogens is 673 g/mol. The van der Waals surface area contributed by atoms with Gasteiger partial charge in [0, 0.05) is 23.8 Å². The average molecular weight is 731 g/mol. The number of hydrogen-bond acceptors (Lipinski definition) is 9. The summed E-state index contributed by atoms with van der Waals surface area (Å²) in [5.41, 5.74) is 0.593. The molecule has 4 amide bonds. The Labute approximate surface area is 306 Å². The van der Waals surface area contributed by atoms with Crippen molar-refractivity contribution in [2.45, 2.75) is 124 Å². The van der Waals surface area contributed by atoms with Gasteiger partial charge in [0.05, 0.1) is 18.1 Å². The van der Waals surface area contributed by atoms with Crippen LogP contribution in [0.1, 0.15) is 94.2 Å². The summed E-state index contributed by atoms with van der Waals surface area (Å²) in [6.45, 7) is 22.7. The summed E-state index contributed by atoms with van der Waals surface area (Å²) < 4.78 is 13.3. The molecular formula is C37H58N6O7S. The molecule has 3 unspecified atom stereocenters. The second kappa shape index (κ2) is 19.0. The number of H-pyrrole nitrogens is 1. The number of nitrogens with one attached hydrogen (secondary N) is 4. The van der Waals surface area contributed by atoms with Crippen molar-refractivity contribution in [3.05, 3.63) is 46.9 Å². The van der Waals surface area contributed by atoms with Crippen LogP contribution in [-0.4, -0.2) is 81.3 Å². The van der Waals surface area contributed by atoms with Gasteiger partial charge in [-0.2, -0.15) is 0 Å². The highest BCUT2D eigenvalue weighted by atomic mass is 32.2. The van der Waals surface area contributed by atoms with Gasteiger partial charge in [0.15, 0.2) is 0 Å². The number of aromatic amines is 1. The number of alkyl carbamates (subject to hydrolysis) is 1. The topological polar surface area (TPSA) is 172 Å². The van der Waals surface area contributed by atoms with Crippen LogP contribution in [-0.2, 0) is 25.5 Å². The summed E-state index contributed by atoms with van der Waals surface area (Å²) in [4.78, 5) is 72.3. The van der Waals surface area contributed by atoms with Gasteiger partial charge in [-0.05, 0) is 76.0 Å². The molecule has 1 aliphatic heterocycles. The molecule has 1 fully saturated rings. The Hall–Kier alpha value is -4.07. The summed E-state index contributed by atoms with van der Waals surface area (Å²) in [6.07, 6.45) is 3.58. The van der Waals surface area contributed by atoms with Gasteiger partial charge in [0.1, 0.15) is 35.2 Å². The maximum Gasteiger partial charge on any atom is 0.408 e. The second-order valence-corrected chi connectivity index (χ2v) is 16.0. The third-order valence-electron chi connectivity index (χ3n) is 8.33. The molecule has 1 aromatic heterocycles. The molecule has 1 aliphatic rings. The lowest BCUT2D eigenvalue weighted by molar-refractivity contribution is -0.142. The summed E-state index contributed by atoms with van der Waals surface area (Å²) in [6, 6.07) is 2.98. The van der Waals surface area contributed by atoms with Crippen molar-refractivity contribution >= 4 is 46.8 Å². The van der Waals surface area contributed by atoms with E-state index in [0.29, 0.717) is 42.8 Å². The average Bonchev–Trinajstić information content (AvgIpc) is 3.56. The van der Waals surface area contributed by atoms with Gasteiger partial charge in [-0.25, -0.2) is 9.78 Å².